The Kier molecular flexibility index (Phi) is 7.84. The molecule has 11 heteroatoms. The lowest BCUT2D eigenvalue weighted by molar-refractivity contribution is -0.385. The van der Waals surface area contributed by atoms with Gasteiger partial charge in [-0.05, 0) is 53.7 Å². The number of anilines is 1. The van der Waals surface area contributed by atoms with Gasteiger partial charge in [0.2, 0.25) is 5.91 Å². The molecule has 1 fully saturated rings. The van der Waals surface area contributed by atoms with Crippen molar-refractivity contribution >= 4 is 46.3 Å². The van der Waals surface area contributed by atoms with Gasteiger partial charge in [-0.1, -0.05) is 36.4 Å². The minimum absolute atomic E-state index is 0.0448. The first-order valence-corrected chi connectivity index (χ1v) is 11.8. The predicted molar refractivity (Wildman–Crippen MR) is 138 cm³/mol. The smallest absolute Gasteiger partial charge is 0.294 e. The number of ether oxygens (including phenoxy) is 2. The van der Waals surface area contributed by atoms with Crippen LogP contribution in [0, 0.1) is 10.1 Å². The summed E-state index contributed by atoms with van der Waals surface area (Å²) in [7, 11) is 1.44. The van der Waals surface area contributed by atoms with Crippen LogP contribution in [-0.2, 0) is 16.2 Å². The Labute approximate surface area is 216 Å². The first-order chi connectivity index (χ1) is 17.9. The van der Waals surface area contributed by atoms with E-state index in [4.69, 9.17) is 9.47 Å². The molecular formula is C26H21N3O7S. The first-order valence-electron chi connectivity index (χ1n) is 11.0. The zero-order valence-corrected chi connectivity index (χ0v) is 20.4. The number of hydrogen-bond acceptors (Lipinski definition) is 8. The van der Waals surface area contributed by atoms with Crippen LogP contribution in [-0.4, -0.2) is 40.5 Å². The molecule has 0 spiro atoms. The zero-order chi connectivity index (χ0) is 26.4. The van der Waals surface area contributed by atoms with Crippen molar-refractivity contribution in [2.45, 2.75) is 6.61 Å². The van der Waals surface area contributed by atoms with Gasteiger partial charge in [-0.15, -0.1) is 0 Å². The van der Waals surface area contributed by atoms with Gasteiger partial charge in [0.25, 0.3) is 16.8 Å². The number of nitro groups is 1. The second-order valence-corrected chi connectivity index (χ2v) is 8.76. The summed E-state index contributed by atoms with van der Waals surface area (Å²) in [6.45, 7) is -0.449. The Hall–Kier alpha value is -4.64. The molecule has 188 valence electrons. The number of nitrogens with one attached hydrogen (secondary N) is 1. The van der Waals surface area contributed by atoms with Crippen molar-refractivity contribution in [2.75, 3.05) is 19.0 Å². The third-order valence-electron chi connectivity index (χ3n) is 5.29. The van der Waals surface area contributed by atoms with Crippen molar-refractivity contribution in [3.63, 3.8) is 0 Å². The van der Waals surface area contributed by atoms with Crippen molar-refractivity contribution in [3.8, 4) is 11.5 Å². The SMILES string of the molecule is COc1cc(/C=C2\SC(=O)N(CC(=O)Nc3ccccc3)C2=O)ccc1OCc1ccccc1[N+](=O)[O-]. The molecule has 10 nitrogen and oxygen atoms in total. The molecule has 37 heavy (non-hydrogen) atoms. The fourth-order valence-electron chi connectivity index (χ4n) is 3.51. The zero-order valence-electron chi connectivity index (χ0n) is 19.6. The number of imide groups is 1. The number of nitro benzene ring substituents is 1. The molecule has 1 saturated heterocycles. The molecule has 0 aliphatic carbocycles. The van der Waals surface area contributed by atoms with Gasteiger partial charge in [-0.2, -0.15) is 0 Å². The minimum atomic E-state index is -0.575. The van der Waals surface area contributed by atoms with Crippen LogP contribution >= 0.6 is 11.8 Å². The molecule has 1 heterocycles. The monoisotopic (exact) mass is 519 g/mol. The van der Waals surface area contributed by atoms with Crippen LogP contribution in [0.25, 0.3) is 6.08 Å². The molecule has 0 unspecified atom stereocenters. The quantitative estimate of drug-likeness (QED) is 0.241. The third kappa shape index (κ3) is 6.14. The summed E-state index contributed by atoms with van der Waals surface area (Å²) in [5, 5.41) is 13.3. The van der Waals surface area contributed by atoms with Crippen LogP contribution in [0.5, 0.6) is 11.5 Å². The highest BCUT2D eigenvalue weighted by Gasteiger charge is 2.36. The van der Waals surface area contributed by atoms with Crippen molar-refractivity contribution in [1.82, 2.24) is 4.90 Å². The molecule has 3 amide bonds. The van der Waals surface area contributed by atoms with Crippen LogP contribution in [0.1, 0.15) is 11.1 Å². The van der Waals surface area contributed by atoms with E-state index >= 15 is 0 Å². The summed E-state index contributed by atoms with van der Waals surface area (Å²) < 4.78 is 11.1. The maximum absolute atomic E-state index is 12.8. The van der Waals surface area contributed by atoms with E-state index in [2.05, 4.69) is 5.32 Å². The Morgan fingerprint density at radius 3 is 2.51 bits per heavy atom. The second kappa shape index (κ2) is 11.4. The Morgan fingerprint density at radius 1 is 1.05 bits per heavy atom. The molecule has 1 aliphatic heterocycles. The lowest BCUT2D eigenvalue weighted by atomic mass is 10.1. The lowest BCUT2D eigenvalue weighted by Gasteiger charge is -2.12. The minimum Gasteiger partial charge on any atom is -0.493 e. The molecule has 1 N–H and O–H groups in total. The molecule has 0 atom stereocenters. The molecule has 4 rings (SSSR count). The highest BCUT2D eigenvalue weighted by Crippen LogP contribution is 2.35. The van der Waals surface area contributed by atoms with Gasteiger partial charge in [-0.25, -0.2) is 0 Å². The van der Waals surface area contributed by atoms with Crippen molar-refractivity contribution in [1.29, 1.82) is 0 Å². The average molecular weight is 520 g/mol. The van der Waals surface area contributed by atoms with Gasteiger partial charge in [-0.3, -0.25) is 29.4 Å². The highest BCUT2D eigenvalue weighted by atomic mass is 32.2. The number of thioether (sulfide) groups is 1. The van der Waals surface area contributed by atoms with Gasteiger partial charge in [0.05, 0.1) is 22.5 Å². The lowest BCUT2D eigenvalue weighted by Crippen LogP contribution is -2.36. The van der Waals surface area contributed by atoms with Gasteiger partial charge in [0.15, 0.2) is 11.5 Å². The van der Waals surface area contributed by atoms with Crippen molar-refractivity contribution in [3.05, 3.63) is 98.9 Å². The molecule has 1 aliphatic rings. The second-order valence-electron chi connectivity index (χ2n) is 7.77. The predicted octanol–water partition coefficient (Wildman–Crippen LogP) is 4.86. The Bertz CT molecular complexity index is 1390. The summed E-state index contributed by atoms with van der Waals surface area (Å²) in [5.74, 6) is -0.372. The third-order valence-corrected chi connectivity index (χ3v) is 6.20. The number of carbonyl (C=O) groups is 3. The molecule has 0 aromatic heterocycles. The number of methoxy groups -OCH3 is 1. The van der Waals surface area contributed by atoms with E-state index in [1.807, 2.05) is 0 Å². The largest absolute Gasteiger partial charge is 0.493 e. The summed E-state index contributed by atoms with van der Waals surface area (Å²) in [5.41, 5.74) is 1.48. The van der Waals surface area contributed by atoms with E-state index in [1.54, 1.807) is 66.7 Å². The maximum atomic E-state index is 12.8. The van der Waals surface area contributed by atoms with Crippen LogP contribution in [0.2, 0.25) is 0 Å². The molecule has 0 saturated carbocycles. The van der Waals surface area contributed by atoms with Crippen molar-refractivity contribution < 1.29 is 28.8 Å². The number of para-hydroxylation sites is 2. The van der Waals surface area contributed by atoms with E-state index in [0.29, 0.717) is 28.3 Å². The Balaban J connectivity index is 1.44. The number of hydrogen-bond donors (Lipinski definition) is 1. The number of nitrogens with zero attached hydrogens (tertiary/aromatic N) is 2. The molecule has 3 aromatic rings. The number of rotatable bonds is 9. The topological polar surface area (TPSA) is 128 Å². The van der Waals surface area contributed by atoms with Crippen LogP contribution in [0.15, 0.2) is 77.7 Å². The molecular weight excluding hydrogens is 498 g/mol. The van der Waals surface area contributed by atoms with Crippen LogP contribution in [0.3, 0.4) is 0 Å². The summed E-state index contributed by atoms with van der Waals surface area (Å²) in [4.78, 5) is 49.3. The number of carbonyl (C=O) groups excluding carboxylic acids is 3. The first kappa shape index (κ1) is 25.5. The van der Waals surface area contributed by atoms with Gasteiger partial charge >= 0.3 is 0 Å². The molecule has 3 aromatic carbocycles. The summed E-state index contributed by atoms with van der Waals surface area (Å²) in [6.07, 6.45) is 1.52. The van der Waals surface area contributed by atoms with E-state index < -0.39 is 28.5 Å². The van der Waals surface area contributed by atoms with Crippen LogP contribution < -0.4 is 14.8 Å². The van der Waals surface area contributed by atoms with E-state index in [1.165, 1.54) is 19.3 Å². The fraction of sp³-hybridized carbons (Fsp3) is 0.115. The summed E-state index contributed by atoms with van der Waals surface area (Å²) in [6, 6.07) is 19.9. The number of amides is 3. The van der Waals surface area contributed by atoms with Crippen LogP contribution in [0.4, 0.5) is 16.2 Å². The summed E-state index contributed by atoms with van der Waals surface area (Å²) >= 11 is 0.737. The van der Waals surface area contributed by atoms with E-state index in [9.17, 15) is 24.5 Å². The standard InChI is InChI=1S/C26H21N3O7S/c1-35-22-13-17(11-12-21(22)36-16-18-7-5-6-10-20(18)29(33)34)14-23-25(31)28(26(32)37-23)15-24(30)27-19-8-3-2-4-9-19/h2-14H,15-16H2,1H3,(H,27,30)/b23-14-. The van der Waals surface area contributed by atoms with Gasteiger partial charge < -0.3 is 14.8 Å². The molecule has 0 bridgehead atoms. The Morgan fingerprint density at radius 2 is 1.78 bits per heavy atom. The maximum Gasteiger partial charge on any atom is 0.294 e. The van der Waals surface area contributed by atoms with Gasteiger partial charge in [0.1, 0.15) is 13.2 Å². The fourth-order valence-corrected chi connectivity index (χ4v) is 4.35. The van der Waals surface area contributed by atoms with Crippen molar-refractivity contribution in [2.24, 2.45) is 0 Å². The number of benzene rings is 3. The van der Waals surface area contributed by atoms with Gasteiger partial charge in [0, 0.05) is 11.8 Å². The normalized spacial score (nSPS) is 14.1. The van der Waals surface area contributed by atoms with E-state index in [-0.39, 0.29) is 17.2 Å². The molecule has 0 radical (unpaired) electrons. The van der Waals surface area contributed by atoms with E-state index in [0.717, 1.165) is 16.7 Å². The average Bonchev–Trinajstić information content (AvgIpc) is 3.15. The highest BCUT2D eigenvalue weighted by molar-refractivity contribution is 8.18.